The first kappa shape index (κ1) is 14.5. The summed E-state index contributed by atoms with van der Waals surface area (Å²) in [6.45, 7) is 0. The Balaban J connectivity index is 1.87. The highest BCUT2D eigenvalue weighted by molar-refractivity contribution is 7.99. The van der Waals surface area contributed by atoms with Crippen LogP contribution in [0.1, 0.15) is 17.3 Å². The number of hydrogen-bond donors (Lipinski definition) is 1. The molecule has 3 rings (SSSR count). The summed E-state index contributed by atoms with van der Waals surface area (Å²) >= 11 is 1.69. The Morgan fingerprint density at radius 1 is 1.32 bits per heavy atom. The molecular weight excluding hydrogens is 300 g/mol. The molecule has 6 nitrogen and oxygen atoms in total. The maximum absolute atomic E-state index is 8.95. The van der Waals surface area contributed by atoms with Crippen LogP contribution >= 0.6 is 11.8 Å². The van der Waals surface area contributed by atoms with Crippen LogP contribution in [0.3, 0.4) is 0 Å². The predicted octanol–water partition coefficient (Wildman–Crippen LogP) is 2.62. The summed E-state index contributed by atoms with van der Waals surface area (Å²) in [5.41, 5.74) is 2.45. The van der Waals surface area contributed by atoms with Crippen LogP contribution in [0.2, 0.25) is 0 Å². The van der Waals surface area contributed by atoms with Crippen LogP contribution in [0.5, 0.6) is 11.8 Å². The molecule has 112 valence electrons. The number of nitrogens with zero attached hydrogens (tertiary/aromatic N) is 3. The highest BCUT2D eigenvalue weighted by Gasteiger charge is 2.23. The van der Waals surface area contributed by atoms with Gasteiger partial charge in [0.15, 0.2) is 0 Å². The SMILES string of the molecule is COc1ncc(C2CSc3cc(C#N)ccc3N2)nc1OC. The van der Waals surface area contributed by atoms with Gasteiger partial charge in [-0.05, 0) is 18.2 Å². The van der Waals surface area contributed by atoms with Gasteiger partial charge < -0.3 is 14.8 Å². The minimum Gasteiger partial charge on any atom is -0.477 e. The third-order valence-corrected chi connectivity index (χ3v) is 4.47. The van der Waals surface area contributed by atoms with Crippen molar-refractivity contribution in [3.05, 3.63) is 35.7 Å². The van der Waals surface area contributed by atoms with Crippen molar-refractivity contribution < 1.29 is 9.47 Å². The van der Waals surface area contributed by atoms with Crippen molar-refractivity contribution in [1.82, 2.24) is 9.97 Å². The number of fused-ring (bicyclic) bond motifs is 1. The average Bonchev–Trinajstić information content (AvgIpc) is 2.60. The molecule has 0 bridgehead atoms. The van der Waals surface area contributed by atoms with Gasteiger partial charge in [-0.3, -0.25) is 0 Å². The second-order valence-electron chi connectivity index (χ2n) is 4.64. The van der Waals surface area contributed by atoms with Crippen molar-refractivity contribution in [2.75, 3.05) is 25.3 Å². The molecule has 22 heavy (non-hydrogen) atoms. The Morgan fingerprint density at radius 2 is 2.14 bits per heavy atom. The number of rotatable bonds is 3. The van der Waals surface area contributed by atoms with Crippen LogP contribution in [-0.4, -0.2) is 29.9 Å². The quantitative estimate of drug-likeness (QED) is 0.932. The Hall–Kier alpha value is -2.46. The van der Waals surface area contributed by atoms with E-state index in [-0.39, 0.29) is 6.04 Å². The lowest BCUT2D eigenvalue weighted by Gasteiger charge is -2.26. The maximum Gasteiger partial charge on any atom is 0.278 e. The van der Waals surface area contributed by atoms with Gasteiger partial charge in [0.05, 0.1) is 43.8 Å². The Kier molecular flexibility index (Phi) is 4.02. The fraction of sp³-hybridized carbons (Fsp3) is 0.267. The highest BCUT2D eigenvalue weighted by atomic mass is 32.2. The zero-order chi connectivity index (χ0) is 15.5. The van der Waals surface area contributed by atoms with Crippen molar-refractivity contribution in [2.24, 2.45) is 0 Å². The fourth-order valence-corrected chi connectivity index (χ4v) is 3.30. The first-order valence-electron chi connectivity index (χ1n) is 6.63. The summed E-state index contributed by atoms with van der Waals surface area (Å²) in [7, 11) is 3.07. The van der Waals surface area contributed by atoms with E-state index in [1.54, 1.807) is 24.0 Å². The molecule has 1 unspecified atom stereocenters. The largest absolute Gasteiger partial charge is 0.477 e. The zero-order valence-electron chi connectivity index (χ0n) is 12.2. The van der Waals surface area contributed by atoms with E-state index in [0.717, 1.165) is 22.0 Å². The topological polar surface area (TPSA) is 80.1 Å². The minimum absolute atomic E-state index is 0.0257. The number of benzene rings is 1. The average molecular weight is 314 g/mol. The third-order valence-electron chi connectivity index (χ3n) is 3.32. The Labute approximate surface area is 132 Å². The monoisotopic (exact) mass is 314 g/mol. The molecule has 0 fully saturated rings. The zero-order valence-corrected chi connectivity index (χ0v) is 13.0. The van der Waals surface area contributed by atoms with Gasteiger partial charge in [-0.1, -0.05) is 0 Å². The number of methoxy groups -OCH3 is 2. The van der Waals surface area contributed by atoms with Gasteiger partial charge >= 0.3 is 0 Å². The number of hydrogen-bond acceptors (Lipinski definition) is 7. The lowest BCUT2D eigenvalue weighted by molar-refractivity contribution is 0.329. The lowest BCUT2D eigenvalue weighted by Crippen LogP contribution is -2.19. The molecular formula is C15H14N4O2S. The molecule has 2 heterocycles. The van der Waals surface area contributed by atoms with Gasteiger partial charge in [0, 0.05) is 16.3 Å². The summed E-state index contributed by atoms with van der Waals surface area (Å²) in [5, 5.41) is 12.4. The van der Waals surface area contributed by atoms with Crippen LogP contribution < -0.4 is 14.8 Å². The fourth-order valence-electron chi connectivity index (χ4n) is 2.21. The van der Waals surface area contributed by atoms with E-state index in [9.17, 15) is 0 Å². The van der Waals surface area contributed by atoms with E-state index in [4.69, 9.17) is 14.7 Å². The van der Waals surface area contributed by atoms with E-state index >= 15 is 0 Å². The molecule has 0 spiro atoms. The smallest absolute Gasteiger partial charge is 0.278 e. The van der Waals surface area contributed by atoms with Crippen molar-refractivity contribution in [3.8, 4) is 17.8 Å². The molecule has 1 aliphatic rings. The molecule has 0 saturated carbocycles. The summed E-state index contributed by atoms with van der Waals surface area (Å²) < 4.78 is 10.3. The van der Waals surface area contributed by atoms with Gasteiger partial charge in [-0.25, -0.2) is 9.97 Å². The van der Waals surface area contributed by atoms with Gasteiger partial charge in [-0.15, -0.1) is 11.8 Å². The molecule has 1 aromatic carbocycles. The summed E-state index contributed by atoms with van der Waals surface area (Å²) in [4.78, 5) is 9.75. The van der Waals surface area contributed by atoms with Crippen molar-refractivity contribution >= 4 is 17.4 Å². The van der Waals surface area contributed by atoms with Crippen LogP contribution in [-0.2, 0) is 0 Å². The van der Waals surface area contributed by atoms with Gasteiger partial charge in [0.25, 0.3) is 11.8 Å². The maximum atomic E-state index is 8.95. The van der Waals surface area contributed by atoms with Crippen molar-refractivity contribution in [2.45, 2.75) is 10.9 Å². The second-order valence-corrected chi connectivity index (χ2v) is 5.71. The van der Waals surface area contributed by atoms with Crippen LogP contribution in [0.4, 0.5) is 5.69 Å². The molecule has 0 aliphatic carbocycles. The number of ether oxygens (including phenoxy) is 2. The molecule has 7 heteroatoms. The molecule has 0 radical (unpaired) electrons. The Bertz CT molecular complexity index is 745. The standard InChI is InChI=1S/C15H14N4O2S/c1-20-14-15(21-2)19-11(7-17-14)12-8-22-13-5-9(6-16)3-4-10(13)18-12/h3-5,7,12,18H,8H2,1-2H3. The van der Waals surface area contributed by atoms with Gasteiger partial charge in [-0.2, -0.15) is 5.26 Å². The molecule has 0 saturated heterocycles. The van der Waals surface area contributed by atoms with Crippen molar-refractivity contribution in [3.63, 3.8) is 0 Å². The van der Waals surface area contributed by atoms with Crippen molar-refractivity contribution in [1.29, 1.82) is 5.26 Å². The predicted molar refractivity (Wildman–Crippen MR) is 83.4 cm³/mol. The summed E-state index contributed by atoms with van der Waals surface area (Å²) in [5.74, 6) is 1.54. The Morgan fingerprint density at radius 3 is 2.86 bits per heavy atom. The van der Waals surface area contributed by atoms with Gasteiger partial charge in [0.1, 0.15) is 0 Å². The molecule has 1 aliphatic heterocycles. The molecule has 0 amide bonds. The van der Waals surface area contributed by atoms with E-state index < -0.39 is 0 Å². The molecule has 1 atom stereocenters. The van der Waals surface area contributed by atoms with Crippen LogP contribution in [0.15, 0.2) is 29.3 Å². The van der Waals surface area contributed by atoms with E-state index in [1.165, 1.54) is 14.2 Å². The number of thioether (sulfide) groups is 1. The molecule has 2 aromatic rings. The first-order chi connectivity index (χ1) is 10.7. The molecule has 1 N–H and O–H groups in total. The number of anilines is 1. The number of aromatic nitrogens is 2. The van der Waals surface area contributed by atoms with Crippen LogP contribution in [0, 0.1) is 11.3 Å². The highest BCUT2D eigenvalue weighted by Crippen LogP contribution is 2.38. The van der Waals surface area contributed by atoms with E-state index in [0.29, 0.717) is 17.3 Å². The third kappa shape index (κ3) is 2.65. The van der Waals surface area contributed by atoms with Gasteiger partial charge in [0.2, 0.25) is 0 Å². The number of nitriles is 1. The molecule has 1 aromatic heterocycles. The van der Waals surface area contributed by atoms with Crippen LogP contribution in [0.25, 0.3) is 0 Å². The lowest BCUT2D eigenvalue weighted by atomic mass is 10.2. The summed E-state index contributed by atoms with van der Waals surface area (Å²) in [6, 6.07) is 7.79. The number of nitrogens with one attached hydrogen (secondary N) is 1. The summed E-state index contributed by atoms with van der Waals surface area (Å²) in [6.07, 6.45) is 1.69. The first-order valence-corrected chi connectivity index (χ1v) is 7.62. The van der Waals surface area contributed by atoms with E-state index in [1.807, 2.05) is 12.1 Å². The minimum atomic E-state index is 0.0257. The normalized spacial score (nSPS) is 16.1. The van der Waals surface area contributed by atoms with E-state index in [2.05, 4.69) is 21.4 Å². The second kappa shape index (κ2) is 6.12.